The highest BCUT2D eigenvalue weighted by Gasteiger charge is 2.38. The minimum atomic E-state index is -0.238. The van der Waals surface area contributed by atoms with Gasteiger partial charge in [-0.15, -0.1) is 0 Å². The van der Waals surface area contributed by atoms with Gasteiger partial charge in [-0.05, 0) is 36.5 Å². The predicted molar refractivity (Wildman–Crippen MR) is 62.8 cm³/mol. The topological polar surface area (TPSA) is 68.0 Å². The molecule has 2 rings (SSSR count). The van der Waals surface area contributed by atoms with E-state index in [1.54, 1.807) is 13.1 Å². The van der Waals surface area contributed by atoms with Crippen molar-refractivity contribution in [2.24, 2.45) is 0 Å². The molecule has 0 radical (unpaired) electrons. The molecular formula is C12H17N3O. The summed E-state index contributed by atoms with van der Waals surface area (Å²) in [5.74, 6) is 0.600. The fourth-order valence-corrected chi connectivity index (χ4v) is 2.62. The molecule has 16 heavy (non-hydrogen) atoms. The van der Waals surface area contributed by atoms with Crippen molar-refractivity contribution in [1.29, 1.82) is 0 Å². The molecule has 0 aromatic carbocycles. The summed E-state index contributed by atoms with van der Waals surface area (Å²) in [4.78, 5) is 15.4. The molecule has 0 spiro atoms. The van der Waals surface area contributed by atoms with Gasteiger partial charge in [-0.2, -0.15) is 0 Å². The number of nitrogen functional groups attached to an aromatic ring is 1. The Morgan fingerprint density at radius 2 is 2.44 bits per heavy atom. The highest BCUT2D eigenvalue weighted by atomic mass is 16.1. The number of fused-ring (bicyclic) bond motifs is 1. The predicted octanol–water partition coefficient (Wildman–Crippen LogP) is 1.35. The van der Waals surface area contributed by atoms with Crippen molar-refractivity contribution >= 4 is 11.7 Å². The highest BCUT2D eigenvalue weighted by molar-refractivity contribution is 5.74. The fourth-order valence-electron chi connectivity index (χ4n) is 2.62. The van der Waals surface area contributed by atoms with Crippen LogP contribution < -0.4 is 11.1 Å². The second kappa shape index (κ2) is 3.77. The molecule has 1 aromatic rings. The molecule has 1 unspecified atom stereocenters. The van der Waals surface area contributed by atoms with Crippen LogP contribution in [0.15, 0.2) is 12.3 Å². The average Bonchev–Trinajstić information content (AvgIpc) is 2.59. The van der Waals surface area contributed by atoms with Crippen molar-refractivity contribution in [2.45, 2.75) is 38.6 Å². The number of nitrogens with zero attached hydrogens (tertiary/aromatic N) is 1. The van der Waals surface area contributed by atoms with Gasteiger partial charge >= 0.3 is 0 Å². The molecule has 1 aliphatic carbocycles. The number of carbonyl (C=O) groups is 1. The van der Waals surface area contributed by atoms with Crippen LogP contribution in [0.2, 0.25) is 0 Å². The first-order chi connectivity index (χ1) is 7.59. The van der Waals surface area contributed by atoms with Gasteiger partial charge in [0.1, 0.15) is 5.82 Å². The minimum absolute atomic E-state index is 0.00471. The van der Waals surface area contributed by atoms with Crippen molar-refractivity contribution < 1.29 is 4.79 Å². The number of rotatable bonds is 2. The van der Waals surface area contributed by atoms with Crippen LogP contribution in [0.5, 0.6) is 0 Å². The summed E-state index contributed by atoms with van der Waals surface area (Å²) in [6.45, 7) is 3.64. The maximum absolute atomic E-state index is 11.3. The first kappa shape index (κ1) is 10.9. The number of amides is 1. The number of hydrogen-bond donors (Lipinski definition) is 2. The number of anilines is 1. The van der Waals surface area contributed by atoms with Crippen LogP contribution in [0, 0.1) is 0 Å². The normalized spacial score (nSPS) is 22.9. The Hall–Kier alpha value is -1.58. The highest BCUT2D eigenvalue weighted by Crippen LogP contribution is 2.40. The molecule has 3 N–H and O–H groups in total. The van der Waals surface area contributed by atoms with Gasteiger partial charge in [0.15, 0.2) is 0 Å². The number of hydrogen-bond acceptors (Lipinski definition) is 3. The number of carbonyl (C=O) groups excluding carboxylic acids is 1. The summed E-state index contributed by atoms with van der Waals surface area (Å²) in [6.07, 6.45) is 4.40. The molecule has 1 atom stereocenters. The van der Waals surface area contributed by atoms with Crippen molar-refractivity contribution in [2.75, 3.05) is 5.73 Å². The van der Waals surface area contributed by atoms with Crippen molar-refractivity contribution in [3.05, 3.63) is 23.4 Å². The summed E-state index contributed by atoms with van der Waals surface area (Å²) in [7, 11) is 0. The third kappa shape index (κ3) is 1.54. The zero-order valence-electron chi connectivity index (χ0n) is 9.71. The molecule has 1 aromatic heterocycles. The smallest absolute Gasteiger partial charge is 0.217 e. The molecular weight excluding hydrogens is 202 g/mol. The lowest BCUT2D eigenvalue weighted by Gasteiger charge is -2.30. The van der Waals surface area contributed by atoms with Gasteiger partial charge in [-0.3, -0.25) is 4.79 Å². The van der Waals surface area contributed by atoms with Gasteiger partial charge < -0.3 is 11.1 Å². The molecule has 4 heteroatoms. The largest absolute Gasteiger partial charge is 0.383 e. The van der Waals surface area contributed by atoms with Crippen LogP contribution in [-0.4, -0.2) is 10.9 Å². The second-order valence-electron chi connectivity index (χ2n) is 4.34. The first-order valence-electron chi connectivity index (χ1n) is 5.61. The Kier molecular flexibility index (Phi) is 2.58. The molecule has 4 nitrogen and oxygen atoms in total. The van der Waals surface area contributed by atoms with Crippen molar-refractivity contribution in [1.82, 2.24) is 10.3 Å². The van der Waals surface area contributed by atoms with Crippen LogP contribution in [-0.2, 0) is 16.8 Å². The van der Waals surface area contributed by atoms with Gasteiger partial charge in [-0.25, -0.2) is 4.98 Å². The summed E-state index contributed by atoms with van der Waals surface area (Å²) < 4.78 is 0. The van der Waals surface area contributed by atoms with E-state index in [0.29, 0.717) is 5.82 Å². The molecule has 0 bridgehead atoms. The lowest BCUT2D eigenvalue weighted by atomic mass is 9.89. The number of nitrogens with one attached hydrogen (secondary N) is 1. The average molecular weight is 219 g/mol. The van der Waals surface area contributed by atoms with E-state index in [1.165, 1.54) is 0 Å². The van der Waals surface area contributed by atoms with E-state index in [1.807, 2.05) is 6.07 Å². The maximum atomic E-state index is 11.3. The Morgan fingerprint density at radius 3 is 3.06 bits per heavy atom. The monoisotopic (exact) mass is 219 g/mol. The Bertz CT molecular complexity index is 430. The lowest BCUT2D eigenvalue weighted by molar-refractivity contribution is -0.121. The summed E-state index contributed by atoms with van der Waals surface area (Å²) in [6, 6.07) is 1.97. The van der Waals surface area contributed by atoms with E-state index in [9.17, 15) is 4.79 Å². The summed E-state index contributed by atoms with van der Waals surface area (Å²) in [5, 5.41) is 3.07. The second-order valence-corrected chi connectivity index (χ2v) is 4.34. The molecule has 86 valence electrons. The van der Waals surface area contributed by atoms with Gasteiger partial charge in [-0.1, -0.05) is 6.92 Å². The standard InChI is InChI=1S/C12H17N3O/c1-3-12(15-8(2)16)6-4-9-10(12)5-7-14-11(9)13/h5,7H,3-4,6H2,1-2H3,(H2,13,14)(H,15,16). The van der Waals surface area contributed by atoms with E-state index >= 15 is 0 Å². The SMILES string of the molecule is CCC1(NC(C)=O)CCc2c1ccnc2N. The molecule has 0 saturated heterocycles. The number of pyridine rings is 1. The Labute approximate surface area is 95.3 Å². The Morgan fingerprint density at radius 1 is 1.69 bits per heavy atom. The van der Waals surface area contributed by atoms with E-state index in [4.69, 9.17) is 5.73 Å². The summed E-state index contributed by atoms with van der Waals surface area (Å²) in [5.41, 5.74) is 7.85. The van der Waals surface area contributed by atoms with E-state index in [-0.39, 0.29) is 11.4 Å². The van der Waals surface area contributed by atoms with Gasteiger partial charge in [0.25, 0.3) is 0 Å². The zero-order chi connectivity index (χ0) is 11.8. The maximum Gasteiger partial charge on any atom is 0.217 e. The summed E-state index contributed by atoms with van der Waals surface area (Å²) >= 11 is 0. The van der Waals surface area contributed by atoms with Gasteiger partial charge in [0.2, 0.25) is 5.91 Å². The molecule has 0 fully saturated rings. The van der Waals surface area contributed by atoms with E-state index in [2.05, 4.69) is 17.2 Å². The van der Waals surface area contributed by atoms with E-state index < -0.39 is 0 Å². The number of nitrogens with two attached hydrogens (primary N) is 1. The van der Waals surface area contributed by atoms with E-state index in [0.717, 1.165) is 30.4 Å². The number of aromatic nitrogens is 1. The lowest BCUT2D eigenvalue weighted by Crippen LogP contribution is -2.42. The van der Waals surface area contributed by atoms with Crippen molar-refractivity contribution in [3.63, 3.8) is 0 Å². The molecule has 1 heterocycles. The van der Waals surface area contributed by atoms with Gasteiger partial charge in [0, 0.05) is 13.1 Å². The quantitative estimate of drug-likeness (QED) is 0.789. The van der Waals surface area contributed by atoms with Crippen molar-refractivity contribution in [3.8, 4) is 0 Å². The van der Waals surface area contributed by atoms with Crippen LogP contribution >= 0.6 is 0 Å². The van der Waals surface area contributed by atoms with Crippen LogP contribution in [0.1, 0.15) is 37.8 Å². The third-order valence-corrected chi connectivity index (χ3v) is 3.43. The molecule has 1 aliphatic rings. The fraction of sp³-hybridized carbons (Fsp3) is 0.500. The van der Waals surface area contributed by atoms with Crippen LogP contribution in [0.3, 0.4) is 0 Å². The minimum Gasteiger partial charge on any atom is -0.383 e. The third-order valence-electron chi connectivity index (χ3n) is 3.43. The van der Waals surface area contributed by atoms with Crippen LogP contribution in [0.25, 0.3) is 0 Å². The Balaban J connectivity index is 2.47. The molecule has 0 aliphatic heterocycles. The van der Waals surface area contributed by atoms with Crippen LogP contribution in [0.4, 0.5) is 5.82 Å². The van der Waals surface area contributed by atoms with Gasteiger partial charge in [0.05, 0.1) is 5.54 Å². The zero-order valence-corrected chi connectivity index (χ0v) is 9.71. The molecule has 0 saturated carbocycles. The molecule has 1 amide bonds. The first-order valence-corrected chi connectivity index (χ1v) is 5.61.